The molecule has 132 valence electrons. The summed E-state index contributed by atoms with van der Waals surface area (Å²) < 4.78 is 10.6. The molecule has 1 heterocycles. The van der Waals surface area contributed by atoms with Crippen molar-refractivity contribution in [1.29, 1.82) is 0 Å². The molecule has 1 unspecified atom stereocenters. The van der Waals surface area contributed by atoms with E-state index in [-0.39, 0.29) is 30.0 Å². The van der Waals surface area contributed by atoms with Crippen LogP contribution in [0.2, 0.25) is 0 Å². The van der Waals surface area contributed by atoms with Crippen molar-refractivity contribution in [2.75, 3.05) is 20.8 Å². The Kier molecular flexibility index (Phi) is 8.77. The number of nitrogens with zero attached hydrogens (tertiary/aromatic N) is 2. The van der Waals surface area contributed by atoms with Gasteiger partial charge in [0.25, 0.3) is 0 Å². The van der Waals surface area contributed by atoms with Crippen molar-refractivity contribution in [1.82, 2.24) is 15.6 Å². The lowest BCUT2D eigenvalue weighted by molar-refractivity contribution is 0.179. The number of ether oxygens (including phenoxy) is 1. The van der Waals surface area contributed by atoms with Crippen LogP contribution in [0.25, 0.3) is 11.5 Å². The number of methoxy groups -OCH3 is 1. The topological polar surface area (TPSA) is 71.7 Å². The number of halogens is 1. The van der Waals surface area contributed by atoms with E-state index < -0.39 is 0 Å². The lowest BCUT2D eigenvalue weighted by Crippen LogP contribution is -2.43. The van der Waals surface area contributed by atoms with Gasteiger partial charge in [0.05, 0.1) is 18.8 Å². The highest BCUT2D eigenvalue weighted by atomic mass is 127. The van der Waals surface area contributed by atoms with E-state index in [1.807, 2.05) is 31.2 Å². The molecule has 2 N–H and O–H groups in total. The number of aromatic nitrogens is 1. The second-order valence-electron chi connectivity index (χ2n) is 5.44. The molecule has 0 radical (unpaired) electrons. The van der Waals surface area contributed by atoms with Gasteiger partial charge >= 0.3 is 0 Å². The predicted molar refractivity (Wildman–Crippen MR) is 107 cm³/mol. The number of benzene rings is 1. The van der Waals surface area contributed by atoms with Gasteiger partial charge < -0.3 is 19.8 Å². The van der Waals surface area contributed by atoms with E-state index in [9.17, 15) is 0 Å². The van der Waals surface area contributed by atoms with E-state index >= 15 is 0 Å². The minimum atomic E-state index is 0. The van der Waals surface area contributed by atoms with Crippen LogP contribution in [0.3, 0.4) is 0 Å². The molecule has 0 spiro atoms. The maximum atomic E-state index is 5.54. The van der Waals surface area contributed by atoms with Crippen molar-refractivity contribution in [3.05, 3.63) is 41.8 Å². The highest BCUT2D eigenvalue weighted by Gasteiger charge is 2.08. The van der Waals surface area contributed by atoms with E-state index in [2.05, 4.69) is 27.5 Å². The fraction of sp³-hybridized carbons (Fsp3) is 0.412. The summed E-state index contributed by atoms with van der Waals surface area (Å²) in [5.41, 5.74) is 3.00. The van der Waals surface area contributed by atoms with Gasteiger partial charge in [-0.2, -0.15) is 0 Å². The molecule has 0 amide bonds. The normalized spacial score (nSPS) is 12.4. The van der Waals surface area contributed by atoms with Gasteiger partial charge in [-0.1, -0.05) is 17.7 Å². The Hall–Kier alpha value is -1.61. The monoisotopic (exact) mass is 444 g/mol. The molecule has 2 rings (SSSR count). The standard InChI is InChI=1S/C17H24N4O2.HI/c1-12-5-7-14(8-6-12)16-21-15(11-23-16)9-19-17(18-3)20-13(2)10-22-4;/h5-8,11,13H,9-10H2,1-4H3,(H2,18,19,20);1H. The zero-order valence-corrected chi connectivity index (χ0v) is 16.8. The van der Waals surface area contributed by atoms with Crippen LogP contribution >= 0.6 is 24.0 Å². The van der Waals surface area contributed by atoms with Crippen molar-refractivity contribution < 1.29 is 9.15 Å². The fourth-order valence-corrected chi connectivity index (χ4v) is 2.11. The smallest absolute Gasteiger partial charge is 0.226 e. The van der Waals surface area contributed by atoms with Gasteiger partial charge in [0.1, 0.15) is 6.26 Å². The number of aryl methyl sites for hydroxylation is 1. The Morgan fingerprint density at radius 2 is 2.04 bits per heavy atom. The molecule has 0 saturated heterocycles. The van der Waals surface area contributed by atoms with Crippen LogP contribution in [0.4, 0.5) is 0 Å². The first-order valence-corrected chi connectivity index (χ1v) is 7.60. The zero-order chi connectivity index (χ0) is 16.7. The van der Waals surface area contributed by atoms with Crippen molar-refractivity contribution >= 4 is 29.9 Å². The molecule has 0 saturated carbocycles. The van der Waals surface area contributed by atoms with E-state index in [1.54, 1.807) is 20.4 Å². The summed E-state index contributed by atoms with van der Waals surface area (Å²) in [7, 11) is 3.41. The molecule has 0 aliphatic heterocycles. The molecular formula is C17H25IN4O2. The molecule has 0 fully saturated rings. The minimum absolute atomic E-state index is 0. The van der Waals surface area contributed by atoms with Gasteiger partial charge in [-0.3, -0.25) is 4.99 Å². The lowest BCUT2D eigenvalue weighted by Gasteiger charge is -2.16. The summed E-state index contributed by atoms with van der Waals surface area (Å²) in [6.07, 6.45) is 1.66. The maximum absolute atomic E-state index is 5.54. The molecule has 6 nitrogen and oxygen atoms in total. The van der Waals surface area contributed by atoms with Crippen LogP contribution in [0.1, 0.15) is 18.2 Å². The van der Waals surface area contributed by atoms with E-state index in [0.29, 0.717) is 25.0 Å². The van der Waals surface area contributed by atoms with E-state index in [4.69, 9.17) is 9.15 Å². The summed E-state index contributed by atoms with van der Waals surface area (Å²) in [6, 6.07) is 8.27. The second kappa shape index (κ2) is 10.3. The molecule has 0 aliphatic rings. The Morgan fingerprint density at radius 3 is 2.67 bits per heavy atom. The van der Waals surface area contributed by atoms with E-state index in [0.717, 1.165) is 11.3 Å². The quantitative estimate of drug-likeness (QED) is 0.407. The number of hydrogen-bond acceptors (Lipinski definition) is 4. The van der Waals surface area contributed by atoms with Crippen LogP contribution in [0, 0.1) is 6.92 Å². The summed E-state index contributed by atoms with van der Waals surface area (Å²) in [4.78, 5) is 8.68. The largest absolute Gasteiger partial charge is 0.444 e. The fourth-order valence-electron chi connectivity index (χ4n) is 2.11. The van der Waals surface area contributed by atoms with E-state index in [1.165, 1.54) is 5.56 Å². The summed E-state index contributed by atoms with van der Waals surface area (Å²) >= 11 is 0. The van der Waals surface area contributed by atoms with Crippen molar-refractivity contribution in [2.24, 2.45) is 4.99 Å². The SMILES string of the molecule is CN=C(NCc1coc(-c2ccc(C)cc2)n1)NC(C)COC.I. The van der Waals surface area contributed by atoms with Crippen LogP contribution in [-0.4, -0.2) is 37.7 Å². The van der Waals surface area contributed by atoms with Crippen LogP contribution < -0.4 is 10.6 Å². The number of aliphatic imine (C=N–C) groups is 1. The van der Waals surface area contributed by atoms with Gasteiger partial charge in [0.2, 0.25) is 5.89 Å². The molecule has 1 atom stereocenters. The molecule has 0 bridgehead atoms. The Morgan fingerprint density at radius 1 is 1.33 bits per heavy atom. The molecular weight excluding hydrogens is 419 g/mol. The number of oxazole rings is 1. The number of rotatable bonds is 6. The van der Waals surface area contributed by atoms with Crippen molar-refractivity contribution in [2.45, 2.75) is 26.4 Å². The van der Waals surface area contributed by atoms with Crippen LogP contribution in [0.5, 0.6) is 0 Å². The minimum Gasteiger partial charge on any atom is -0.444 e. The number of nitrogens with one attached hydrogen (secondary N) is 2. The molecule has 1 aromatic carbocycles. The maximum Gasteiger partial charge on any atom is 0.226 e. The lowest BCUT2D eigenvalue weighted by atomic mass is 10.1. The Balaban J connectivity index is 0.00000288. The predicted octanol–water partition coefficient (Wildman–Crippen LogP) is 2.97. The first-order valence-electron chi connectivity index (χ1n) is 7.60. The van der Waals surface area contributed by atoms with Crippen molar-refractivity contribution in [3.8, 4) is 11.5 Å². The third-order valence-corrected chi connectivity index (χ3v) is 3.31. The van der Waals surface area contributed by atoms with Gasteiger partial charge in [-0.05, 0) is 26.0 Å². The summed E-state index contributed by atoms with van der Waals surface area (Å²) in [5.74, 6) is 1.33. The van der Waals surface area contributed by atoms with Gasteiger partial charge in [0, 0.05) is 25.8 Å². The first kappa shape index (κ1) is 20.4. The number of hydrogen-bond donors (Lipinski definition) is 2. The van der Waals surface area contributed by atoms with Crippen LogP contribution in [0.15, 0.2) is 39.9 Å². The van der Waals surface area contributed by atoms with Crippen molar-refractivity contribution in [3.63, 3.8) is 0 Å². The highest BCUT2D eigenvalue weighted by molar-refractivity contribution is 14.0. The number of guanidine groups is 1. The van der Waals surface area contributed by atoms with Gasteiger partial charge in [-0.15, -0.1) is 24.0 Å². The summed E-state index contributed by atoms with van der Waals surface area (Å²) in [5, 5.41) is 6.45. The molecule has 2 aromatic rings. The van der Waals surface area contributed by atoms with Gasteiger partial charge in [0.15, 0.2) is 5.96 Å². The molecule has 1 aromatic heterocycles. The van der Waals surface area contributed by atoms with Gasteiger partial charge in [-0.25, -0.2) is 4.98 Å². The average Bonchev–Trinajstić information content (AvgIpc) is 3.01. The Bertz CT molecular complexity index is 640. The first-order chi connectivity index (χ1) is 11.1. The second-order valence-corrected chi connectivity index (χ2v) is 5.44. The van der Waals surface area contributed by atoms with Crippen LogP contribution in [-0.2, 0) is 11.3 Å². The summed E-state index contributed by atoms with van der Waals surface area (Å²) in [6.45, 7) is 5.23. The average molecular weight is 444 g/mol. The third kappa shape index (κ3) is 6.12. The third-order valence-electron chi connectivity index (χ3n) is 3.31. The zero-order valence-electron chi connectivity index (χ0n) is 14.5. The highest BCUT2D eigenvalue weighted by Crippen LogP contribution is 2.18. The molecule has 0 aliphatic carbocycles. The Labute approximate surface area is 160 Å². The molecule has 24 heavy (non-hydrogen) atoms. The molecule has 7 heteroatoms.